The summed E-state index contributed by atoms with van der Waals surface area (Å²) in [7, 11) is 0. The van der Waals surface area contributed by atoms with E-state index in [1.807, 2.05) is 12.1 Å². The minimum atomic E-state index is -0.0266. The molecule has 80 valence electrons. The molecule has 0 radical (unpaired) electrons. The predicted molar refractivity (Wildman–Crippen MR) is 69.5 cm³/mol. The average Bonchev–Trinajstić information content (AvgIpc) is 2.29. The zero-order valence-electron chi connectivity index (χ0n) is 8.15. The Kier molecular flexibility index (Phi) is 3.51. The number of nitrogens with zero attached hydrogens (tertiary/aromatic N) is 1. The van der Waals surface area contributed by atoms with Crippen molar-refractivity contribution in [2.24, 2.45) is 0 Å². The van der Waals surface area contributed by atoms with Gasteiger partial charge >= 0.3 is 0 Å². The Hall–Kier alpha value is -1.00. The van der Waals surface area contributed by atoms with Crippen LogP contribution in [0.25, 0.3) is 0 Å². The Morgan fingerprint density at radius 1 is 0.938 bits per heavy atom. The maximum Gasteiger partial charge on any atom is 0.194 e. The van der Waals surface area contributed by atoms with Crippen LogP contribution >= 0.6 is 31.9 Å². The molecule has 0 aliphatic heterocycles. The van der Waals surface area contributed by atoms with Crippen LogP contribution in [0.5, 0.6) is 0 Å². The van der Waals surface area contributed by atoms with Crippen LogP contribution in [0, 0.1) is 0 Å². The molecular weight excluding hydrogens is 334 g/mol. The lowest BCUT2D eigenvalue weighted by atomic mass is 10.1. The van der Waals surface area contributed by atoms with E-state index in [0.29, 0.717) is 11.1 Å². The number of hydrogen-bond donors (Lipinski definition) is 0. The van der Waals surface area contributed by atoms with Gasteiger partial charge in [-0.05, 0) is 46.3 Å². The molecule has 0 fully saturated rings. The molecular formula is C12H7Br2NO. The summed E-state index contributed by atoms with van der Waals surface area (Å²) in [6, 6.07) is 9.02. The number of halogens is 2. The first-order valence-corrected chi connectivity index (χ1v) is 6.16. The highest BCUT2D eigenvalue weighted by Crippen LogP contribution is 2.16. The van der Waals surface area contributed by atoms with Gasteiger partial charge in [0.15, 0.2) is 5.78 Å². The molecule has 0 unspecified atom stereocenters. The van der Waals surface area contributed by atoms with E-state index in [0.717, 1.165) is 8.95 Å². The number of aromatic nitrogens is 1. The number of carbonyl (C=O) groups is 1. The fourth-order valence-electron chi connectivity index (χ4n) is 1.30. The molecule has 0 saturated heterocycles. The SMILES string of the molecule is O=C(c1ccc(Br)cc1)c1cncc(Br)c1. The second-order valence-electron chi connectivity index (χ2n) is 3.23. The second kappa shape index (κ2) is 4.89. The van der Waals surface area contributed by atoms with E-state index in [9.17, 15) is 4.79 Å². The van der Waals surface area contributed by atoms with Gasteiger partial charge in [0.25, 0.3) is 0 Å². The number of rotatable bonds is 2. The van der Waals surface area contributed by atoms with Gasteiger partial charge in [-0.3, -0.25) is 9.78 Å². The average molecular weight is 341 g/mol. The van der Waals surface area contributed by atoms with Crippen molar-refractivity contribution < 1.29 is 4.79 Å². The Morgan fingerprint density at radius 3 is 2.25 bits per heavy atom. The van der Waals surface area contributed by atoms with Crippen LogP contribution in [0.15, 0.2) is 51.7 Å². The van der Waals surface area contributed by atoms with Crippen molar-refractivity contribution >= 4 is 37.6 Å². The standard InChI is InChI=1S/C12H7Br2NO/c13-10-3-1-8(2-4-10)12(16)9-5-11(14)7-15-6-9/h1-7H. The van der Waals surface area contributed by atoms with E-state index >= 15 is 0 Å². The van der Waals surface area contributed by atoms with Crippen LogP contribution in [0.2, 0.25) is 0 Å². The molecule has 0 aliphatic rings. The molecule has 0 bridgehead atoms. The molecule has 0 amide bonds. The first kappa shape index (κ1) is 11.5. The quantitative estimate of drug-likeness (QED) is 0.777. The monoisotopic (exact) mass is 339 g/mol. The Morgan fingerprint density at radius 2 is 1.62 bits per heavy atom. The first-order chi connectivity index (χ1) is 7.66. The largest absolute Gasteiger partial charge is 0.289 e. The van der Waals surface area contributed by atoms with Crippen molar-refractivity contribution in [2.75, 3.05) is 0 Å². The summed E-state index contributed by atoms with van der Waals surface area (Å²) in [4.78, 5) is 16.0. The Bertz CT molecular complexity index is 523. The van der Waals surface area contributed by atoms with Crippen LogP contribution in [0.4, 0.5) is 0 Å². The molecule has 1 heterocycles. The van der Waals surface area contributed by atoms with Gasteiger partial charge in [-0.2, -0.15) is 0 Å². The molecule has 2 aromatic rings. The summed E-state index contributed by atoms with van der Waals surface area (Å²) in [5, 5.41) is 0. The van der Waals surface area contributed by atoms with E-state index in [1.54, 1.807) is 30.6 Å². The summed E-state index contributed by atoms with van der Waals surface area (Å²) in [5.41, 5.74) is 1.24. The highest BCUT2D eigenvalue weighted by atomic mass is 79.9. The Labute approximate surface area is 110 Å². The third kappa shape index (κ3) is 2.57. The number of ketones is 1. The van der Waals surface area contributed by atoms with Gasteiger partial charge in [0.2, 0.25) is 0 Å². The van der Waals surface area contributed by atoms with Crippen molar-refractivity contribution in [1.29, 1.82) is 0 Å². The van der Waals surface area contributed by atoms with E-state index in [-0.39, 0.29) is 5.78 Å². The highest BCUT2D eigenvalue weighted by Gasteiger charge is 2.09. The fraction of sp³-hybridized carbons (Fsp3) is 0. The van der Waals surface area contributed by atoms with Crippen LogP contribution < -0.4 is 0 Å². The van der Waals surface area contributed by atoms with E-state index in [2.05, 4.69) is 36.8 Å². The summed E-state index contributed by atoms with van der Waals surface area (Å²) < 4.78 is 1.76. The lowest BCUT2D eigenvalue weighted by Crippen LogP contribution is -2.01. The first-order valence-electron chi connectivity index (χ1n) is 4.57. The summed E-state index contributed by atoms with van der Waals surface area (Å²) in [6.07, 6.45) is 3.22. The van der Waals surface area contributed by atoms with Crippen LogP contribution in [-0.4, -0.2) is 10.8 Å². The zero-order chi connectivity index (χ0) is 11.5. The minimum absolute atomic E-state index is 0.0266. The van der Waals surface area contributed by atoms with Gasteiger partial charge in [0, 0.05) is 32.5 Å². The topological polar surface area (TPSA) is 30.0 Å². The molecule has 16 heavy (non-hydrogen) atoms. The van der Waals surface area contributed by atoms with E-state index in [1.165, 1.54) is 0 Å². The van der Waals surface area contributed by atoms with Crippen LogP contribution in [-0.2, 0) is 0 Å². The third-order valence-electron chi connectivity index (χ3n) is 2.07. The number of hydrogen-bond acceptors (Lipinski definition) is 2. The van der Waals surface area contributed by atoms with Crippen LogP contribution in [0.3, 0.4) is 0 Å². The lowest BCUT2D eigenvalue weighted by molar-refractivity contribution is 0.103. The zero-order valence-corrected chi connectivity index (χ0v) is 11.3. The van der Waals surface area contributed by atoms with Crippen molar-refractivity contribution in [3.8, 4) is 0 Å². The van der Waals surface area contributed by atoms with Gasteiger partial charge < -0.3 is 0 Å². The summed E-state index contributed by atoms with van der Waals surface area (Å²) in [6.45, 7) is 0. The second-order valence-corrected chi connectivity index (χ2v) is 5.06. The van der Waals surface area contributed by atoms with Crippen molar-refractivity contribution in [3.63, 3.8) is 0 Å². The molecule has 0 spiro atoms. The highest BCUT2D eigenvalue weighted by molar-refractivity contribution is 9.10. The molecule has 0 N–H and O–H groups in total. The molecule has 2 rings (SSSR count). The van der Waals surface area contributed by atoms with E-state index < -0.39 is 0 Å². The molecule has 1 aromatic heterocycles. The molecule has 0 aliphatic carbocycles. The number of pyridine rings is 1. The summed E-state index contributed by atoms with van der Waals surface area (Å²) >= 11 is 6.62. The molecule has 0 saturated carbocycles. The molecule has 1 aromatic carbocycles. The number of benzene rings is 1. The Balaban J connectivity index is 2.35. The predicted octanol–water partition coefficient (Wildman–Crippen LogP) is 3.84. The van der Waals surface area contributed by atoms with Gasteiger partial charge in [-0.15, -0.1) is 0 Å². The van der Waals surface area contributed by atoms with Gasteiger partial charge in [-0.25, -0.2) is 0 Å². The van der Waals surface area contributed by atoms with Gasteiger partial charge in [0.05, 0.1) is 0 Å². The van der Waals surface area contributed by atoms with Gasteiger partial charge in [0.1, 0.15) is 0 Å². The fourth-order valence-corrected chi connectivity index (χ4v) is 1.93. The molecule has 0 atom stereocenters. The van der Waals surface area contributed by atoms with Crippen molar-refractivity contribution in [2.45, 2.75) is 0 Å². The van der Waals surface area contributed by atoms with Crippen molar-refractivity contribution in [1.82, 2.24) is 4.98 Å². The molecule has 4 heteroatoms. The minimum Gasteiger partial charge on any atom is -0.289 e. The smallest absolute Gasteiger partial charge is 0.194 e. The van der Waals surface area contributed by atoms with Gasteiger partial charge in [-0.1, -0.05) is 15.9 Å². The van der Waals surface area contributed by atoms with Crippen molar-refractivity contribution in [3.05, 3.63) is 62.8 Å². The van der Waals surface area contributed by atoms with E-state index in [4.69, 9.17) is 0 Å². The third-order valence-corrected chi connectivity index (χ3v) is 3.04. The maximum atomic E-state index is 12.0. The lowest BCUT2D eigenvalue weighted by Gasteiger charge is -2.01. The normalized spacial score (nSPS) is 10.1. The van der Waals surface area contributed by atoms with Crippen LogP contribution in [0.1, 0.15) is 15.9 Å². The maximum absolute atomic E-state index is 12.0. The number of carbonyl (C=O) groups excluding carboxylic acids is 1. The molecule has 2 nitrogen and oxygen atoms in total. The summed E-state index contributed by atoms with van der Waals surface area (Å²) in [5.74, 6) is -0.0266.